The van der Waals surface area contributed by atoms with Crippen molar-refractivity contribution in [1.82, 2.24) is 16.0 Å². The molecule has 0 saturated carbocycles. The number of rotatable bonds is 6. The Bertz CT molecular complexity index is 788. The molecule has 0 spiro atoms. The summed E-state index contributed by atoms with van der Waals surface area (Å²) in [5.41, 5.74) is 2.38. The van der Waals surface area contributed by atoms with Crippen LogP contribution in [-0.4, -0.2) is 31.7 Å². The quantitative estimate of drug-likeness (QED) is 0.527. The third kappa shape index (κ3) is 5.26. The molecule has 2 aromatic rings. The molecule has 2 unspecified atom stereocenters. The van der Waals surface area contributed by atoms with E-state index >= 15 is 0 Å². The minimum Gasteiger partial charge on any atom is -0.493 e. The average molecular weight is 381 g/mol. The maximum Gasteiger partial charge on any atom is 0.191 e. The van der Waals surface area contributed by atoms with E-state index in [0.717, 1.165) is 24.7 Å². The number of hydrogen-bond donors (Lipinski definition) is 3. The molecule has 0 bridgehead atoms. The Hall–Kier alpha value is -2.53. The van der Waals surface area contributed by atoms with Crippen LogP contribution in [0.4, 0.5) is 0 Å². The van der Waals surface area contributed by atoms with E-state index < -0.39 is 0 Å². The van der Waals surface area contributed by atoms with E-state index in [1.807, 2.05) is 25.2 Å². The maximum absolute atomic E-state index is 5.76. The second kappa shape index (κ2) is 9.11. The first-order valence-electron chi connectivity index (χ1n) is 10.00. The van der Waals surface area contributed by atoms with Crippen molar-refractivity contribution in [2.75, 3.05) is 20.2 Å². The topological polar surface area (TPSA) is 57.7 Å². The molecule has 2 atom stereocenters. The van der Waals surface area contributed by atoms with E-state index in [1.54, 1.807) is 0 Å². The van der Waals surface area contributed by atoms with Crippen molar-refractivity contribution in [2.24, 2.45) is 4.99 Å². The zero-order valence-electron chi connectivity index (χ0n) is 17.3. The average Bonchev–Trinajstić information content (AvgIpc) is 2.71. The van der Waals surface area contributed by atoms with Gasteiger partial charge in [0, 0.05) is 37.2 Å². The molecular weight excluding hydrogens is 348 g/mol. The van der Waals surface area contributed by atoms with E-state index in [9.17, 15) is 0 Å². The van der Waals surface area contributed by atoms with Crippen LogP contribution in [0, 0.1) is 0 Å². The number of fused-ring (bicyclic) bond motifs is 1. The Morgan fingerprint density at radius 2 is 1.86 bits per heavy atom. The van der Waals surface area contributed by atoms with Crippen LogP contribution in [0.3, 0.4) is 0 Å². The van der Waals surface area contributed by atoms with Crippen molar-refractivity contribution in [2.45, 2.75) is 44.8 Å². The first-order chi connectivity index (χ1) is 13.5. The maximum atomic E-state index is 5.76. The predicted molar refractivity (Wildman–Crippen MR) is 116 cm³/mol. The van der Waals surface area contributed by atoms with Crippen LogP contribution in [0.2, 0.25) is 0 Å². The number of para-hydroxylation sites is 1. The molecule has 1 aliphatic rings. The Morgan fingerprint density at radius 3 is 2.61 bits per heavy atom. The van der Waals surface area contributed by atoms with Crippen molar-refractivity contribution in [3.8, 4) is 5.75 Å². The number of hydrogen-bond acceptors (Lipinski definition) is 3. The molecule has 1 aliphatic heterocycles. The van der Waals surface area contributed by atoms with Gasteiger partial charge < -0.3 is 20.7 Å². The van der Waals surface area contributed by atoms with Crippen molar-refractivity contribution >= 4 is 5.96 Å². The molecule has 0 saturated heterocycles. The molecule has 5 nitrogen and oxygen atoms in total. The van der Waals surface area contributed by atoms with Crippen LogP contribution >= 0.6 is 0 Å². The highest BCUT2D eigenvalue weighted by molar-refractivity contribution is 5.80. The number of aliphatic imine (C=N–C) groups is 1. The minimum atomic E-state index is -0.0968. The van der Waals surface area contributed by atoms with Gasteiger partial charge in [0.15, 0.2) is 5.96 Å². The molecule has 0 fully saturated rings. The highest BCUT2D eigenvalue weighted by atomic mass is 16.5. The molecule has 0 aliphatic carbocycles. The summed E-state index contributed by atoms with van der Waals surface area (Å²) in [5.74, 6) is 1.77. The number of nitrogens with zero attached hydrogens (tertiary/aromatic N) is 1. The van der Waals surface area contributed by atoms with Gasteiger partial charge in [-0.2, -0.15) is 0 Å². The zero-order valence-corrected chi connectivity index (χ0v) is 17.3. The summed E-state index contributed by atoms with van der Waals surface area (Å²) in [4.78, 5) is 4.42. The number of nitrogens with one attached hydrogen (secondary N) is 3. The summed E-state index contributed by atoms with van der Waals surface area (Å²) < 4.78 is 5.76. The fourth-order valence-electron chi connectivity index (χ4n) is 3.62. The lowest BCUT2D eigenvalue weighted by atomic mass is 10.0. The van der Waals surface area contributed by atoms with Gasteiger partial charge in [0.25, 0.3) is 0 Å². The molecule has 28 heavy (non-hydrogen) atoms. The number of benzene rings is 2. The summed E-state index contributed by atoms with van der Waals surface area (Å²) in [6, 6.07) is 19.2. The fourth-order valence-corrected chi connectivity index (χ4v) is 3.62. The third-order valence-electron chi connectivity index (χ3n) is 5.10. The van der Waals surface area contributed by atoms with Crippen LogP contribution in [0.25, 0.3) is 0 Å². The molecule has 0 aromatic heterocycles. The Labute approximate surface area is 168 Å². The lowest BCUT2D eigenvalue weighted by Crippen LogP contribution is -2.52. The molecular formula is C23H32N4O. The molecule has 0 amide bonds. The van der Waals surface area contributed by atoms with Gasteiger partial charge >= 0.3 is 0 Å². The largest absolute Gasteiger partial charge is 0.493 e. The van der Waals surface area contributed by atoms with Crippen LogP contribution in [0.15, 0.2) is 59.6 Å². The number of guanidine groups is 1. The first kappa shape index (κ1) is 20.2. The normalized spacial score (nSPS) is 18.0. The molecule has 1 heterocycles. The van der Waals surface area contributed by atoms with Crippen molar-refractivity contribution in [1.29, 1.82) is 0 Å². The second-order valence-corrected chi connectivity index (χ2v) is 7.96. The highest BCUT2D eigenvalue weighted by Crippen LogP contribution is 2.31. The Balaban J connectivity index is 1.57. The summed E-state index contributed by atoms with van der Waals surface area (Å²) in [5, 5.41) is 10.7. The zero-order chi connectivity index (χ0) is 20.0. The first-order valence-corrected chi connectivity index (χ1v) is 10.00. The molecule has 150 valence electrons. The van der Waals surface area contributed by atoms with Gasteiger partial charge in [-0.1, -0.05) is 48.5 Å². The molecule has 2 aromatic carbocycles. The van der Waals surface area contributed by atoms with Gasteiger partial charge in [-0.05, 0) is 32.4 Å². The second-order valence-electron chi connectivity index (χ2n) is 7.96. The lowest BCUT2D eigenvalue weighted by molar-refractivity contribution is 0.261. The monoisotopic (exact) mass is 380 g/mol. The van der Waals surface area contributed by atoms with Crippen molar-refractivity contribution < 1.29 is 4.74 Å². The smallest absolute Gasteiger partial charge is 0.191 e. The van der Waals surface area contributed by atoms with E-state index in [0.29, 0.717) is 6.61 Å². The van der Waals surface area contributed by atoms with Gasteiger partial charge in [0.1, 0.15) is 5.75 Å². The SMILES string of the molecule is CN=C(NCC(C)(C)NC(C)c1ccccc1)NC1CCOc2ccccc21. The van der Waals surface area contributed by atoms with Gasteiger partial charge in [-0.3, -0.25) is 4.99 Å². The van der Waals surface area contributed by atoms with Gasteiger partial charge in [-0.15, -0.1) is 0 Å². The van der Waals surface area contributed by atoms with Gasteiger partial charge in [0.05, 0.1) is 12.6 Å². The predicted octanol–water partition coefficient (Wildman–Crippen LogP) is 3.80. The van der Waals surface area contributed by atoms with Gasteiger partial charge in [0.2, 0.25) is 0 Å². The number of ether oxygens (including phenoxy) is 1. The van der Waals surface area contributed by atoms with Crippen LogP contribution in [0.5, 0.6) is 5.75 Å². The van der Waals surface area contributed by atoms with Gasteiger partial charge in [-0.25, -0.2) is 0 Å². The Morgan fingerprint density at radius 1 is 1.14 bits per heavy atom. The summed E-state index contributed by atoms with van der Waals surface area (Å²) >= 11 is 0. The Kier molecular flexibility index (Phi) is 6.57. The molecule has 3 rings (SSSR count). The summed E-state index contributed by atoms with van der Waals surface area (Å²) in [6.07, 6.45) is 0.921. The highest BCUT2D eigenvalue weighted by Gasteiger charge is 2.24. The standard InChI is InChI=1S/C23H32N4O/c1-17(18-10-6-5-7-11-18)27-23(2,3)16-25-22(24-4)26-20-14-15-28-21-13-9-8-12-19(20)21/h5-13,17,20,27H,14-16H2,1-4H3,(H2,24,25,26). The molecule has 3 N–H and O–H groups in total. The van der Waals surface area contributed by atoms with E-state index in [1.165, 1.54) is 11.1 Å². The summed E-state index contributed by atoms with van der Waals surface area (Å²) in [7, 11) is 1.81. The molecule has 0 radical (unpaired) electrons. The third-order valence-corrected chi connectivity index (χ3v) is 5.10. The summed E-state index contributed by atoms with van der Waals surface area (Å²) in [6.45, 7) is 8.08. The lowest BCUT2D eigenvalue weighted by Gasteiger charge is -2.33. The van der Waals surface area contributed by atoms with Crippen molar-refractivity contribution in [3.63, 3.8) is 0 Å². The van der Waals surface area contributed by atoms with Crippen LogP contribution in [-0.2, 0) is 0 Å². The molecule has 5 heteroatoms. The minimum absolute atomic E-state index is 0.0968. The fraction of sp³-hybridized carbons (Fsp3) is 0.435. The van der Waals surface area contributed by atoms with E-state index in [-0.39, 0.29) is 17.6 Å². The van der Waals surface area contributed by atoms with Crippen LogP contribution < -0.4 is 20.7 Å². The van der Waals surface area contributed by atoms with E-state index in [2.05, 4.69) is 78.1 Å². The van der Waals surface area contributed by atoms with E-state index in [4.69, 9.17) is 4.74 Å². The van der Waals surface area contributed by atoms with Crippen molar-refractivity contribution in [3.05, 3.63) is 65.7 Å². The van der Waals surface area contributed by atoms with Crippen LogP contribution in [0.1, 0.15) is 50.4 Å².